The molecule has 1 aromatic heterocycles. The maximum absolute atomic E-state index is 12.6. The van der Waals surface area contributed by atoms with E-state index >= 15 is 0 Å². The fourth-order valence-corrected chi connectivity index (χ4v) is 1.19. The minimum Gasteiger partial charge on any atom is -0.478 e. The van der Waals surface area contributed by atoms with Crippen LogP contribution in [0.15, 0.2) is 12.1 Å². The molecule has 0 bridgehead atoms. The van der Waals surface area contributed by atoms with Gasteiger partial charge in [-0.25, -0.2) is 0 Å². The van der Waals surface area contributed by atoms with E-state index in [9.17, 15) is 13.2 Å². The third-order valence-corrected chi connectivity index (χ3v) is 2.13. The van der Waals surface area contributed by atoms with Gasteiger partial charge in [0.05, 0.1) is 12.2 Å². The monoisotopic (exact) mass is 248 g/mol. The van der Waals surface area contributed by atoms with Crippen LogP contribution in [0, 0.1) is 0 Å². The molecule has 6 heteroatoms. The molecule has 0 aliphatic heterocycles. The van der Waals surface area contributed by atoms with Gasteiger partial charge in [0.25, 0.3) is 0 Å². The van der Waals surface area contributed by atoms with Crippen LogP contribution in [0.5, 0.6) is 5.88 Å². The zero-order valence-electron chi connectivity index (χ0n) is 9.77. The lowest BCUT2D eigenvalue weighted by atomic mass is 10.2. The van der Waals surface area contributed by atoms with Crippen LogP contribution < -0.4 is 10.1 Å². The van der Waals surface area contributed by atoms with E-state index in [4.69, 9.17) is 4.74 Å². The number of hydrogen-bond acceptors (Lipinski definition) is 3. The smallest absolute Gasteiger partial charge is 0.416 e. The number of unbranched alkanes of at least 4 members (excludes halogenated alkanes) is 1. The highest BCUT2D eigenvalue weighted by Gasteiger charge is 2.31. The van der Waals surface area contributed by atoms with E-state index in [1.54, 1.807) is 0 Å². The molecule has 1 aromatic rings. The Kier molecular flexibility index (Phi) is 4.60. The molecule has 0 aromatic carbocycles. The van der Waals surface area contributed by atoms with E-state index in [0.717, 1.165) is 25.0 Å². The predicted molar refractivity (Wildman–Crippen MR) is 59.2 cm³/mol. The highest BCUT2D eigenvalue weighted by atomic mass is 19.4. The molecule has 96 valence electrons. The van der Waals surface area contributed by atoms with Crippen LogP contribution in [0.25, 0.3) is 0 Å². The van der Waals surface area contributed by atoms with E-state index in [1.165, 1.54) is 7.05 Å². The number of aromatic nitrogens is 1. The third kappa shape index (κ3) is 4.13. The molecule has 0 aliphatic rings. The van der Waals surface area contributed by atoms with Crippen LogP contribution in [0.1, 0.15) is 25.3 Å². The van der Waals surface area contributed by atoms with Crippen LogP contribution in [0.2, 0.25) is 0 Å². The quantitative estimate of drug-likeness (QED) is 0.811. The van der Waals surface area contributed by atoms with Gasteiger partial charge >= 0.3 is 6.18 Å². The first-order valence-electron chi connectivity index (χ1n) is 5.37. The summed E-state index contributed by atoms with van der Waals surface area (Å²) in [5, 5.41) is 2.58. The summed E-state index contributed by atoms with van der Waals surface area (Å²) in [7, 11) is 1.51. The van der Waals surface area contributed by atoms with Gasteiger partial charge in [-0.05, 0) is 12.5 Å². The predicted octanol–water partition coefficient (Wildman–Crippen LogP) is 3.32. The van der Waals surface area contributed by atoms with Gasteiger partial charge in [0.1, 0.15) is 5.82 Å². The lowest BCUT2D eigenvalue weighted by Gasteiger charge is -2.11. The van der Waals surface area contributed by atoms with Crippen molar-refractivity contribution in [1.82, 2.24) is 4.98 Å². The topological polar surface area (TPSA) is 34.1 Å². The lowest BCUT2D eigenvalue weighted by molar-refractivity contribution is -0.137. The normalized spacial score (nSPS) is 11.4. The van der Waals surface area contributed by atoms with Gasteiger partial charge in [0.2, 0.25) is 5.88 Å². The number of ether oxygens (including phenoxy) is 1. The molecule has 0 fully saturated rings. The van der Waals surface area contributed by atoms with Gasteiger partial charge in [-0.3, -0.25) is 0 Å². The molecule has 0 saturated heterocycles. The Balaban J connectivity index is 2.89. The highest BCUT2D eigenvalue weighted by molar-refractivity contribution is 5.42. The Morgan fingerprint density at radius 1 is 1.35 bits per heavy atom. The molecule has 0 spiro atoms. The van der Waals surface area contributed by atoms with Gasteiger partial charge in [-0.15, -0.1) is 0 Å². The number of halogens is 3. The molecule has 0 amide bonds. The van der Waals surface area contributed by atoms with E-state index in [0.29, 0.717) is 6.61 Å². The van der Waals surface area contributed by atoms with Gasteiger partial charge < -0.3 is 10.1 Å². The van der Waals surface area contributed by atoms with Crippen LogP contribution in [-0.2, 0) is 6.18 Å². The molecule has 3 nitrogen and oxygen atoms in total. The average Bonchev–Trinajstić information content (AvgIpc) is 2.28. The van der Waals surface area contributed by atoms with Crippen molar-refractivity contribution in [3.8, 4) is 5.88 Å². The standard InChI is InChI=1S/C11H15F3N2O/c1-3-4-5-17-10-7-8(11(12,13)14)6-9(15-2)16-10/h6-7H,3-5H2,1-2H3,(H,15,16). The number of rotatable bonds is 5. The maximum Gasteiger partial charge on any atom is 0.416 e. The molecule has 0 radical (unpaired) electrons. The van der Waals surface area contributed by atoms with Gasteiger partial charge in [-0.2, -0.15) is 18.2 Å². The summed E-state index contributed by atoms with van der Waals surface area (Å²) >= 11 is 0. The van der Waals surface area contributed by atoms with E-state index in [2.05, 4.69) is 10.3 Å². The molecule has 0 saturated carbocycles. The van der Waals surface area contributed by atoms with Gasteiger partial charge in [-0.1, -0.05) is 13.3 Å². The molecule has 0 atom stereocenters. The Bertz CT molecular complexity index is 366. The number of nitrogens with one attached hydrogen (secondary N) is 1. The first-order chi connectivity index (χ1) is 7.97. The van der Waals surface area contributed by atoms with Crippen LogP contribution in [0.4, 0.5) is 19.0 Å². The second-order valence-electron chi connectivity index (χ2n) is 3.53. The zero-order valence-corrected chi connectivity index (χ0v) is 9.77. The molecule has 1 rings (SSSR count). The summed E-state index contributed by atoms with van der Waals surface area (Å²) in [6.45, 7) is 2.34. The first-order valence-corrected chi connectivity index (χ1v) is 5.37. The number of anilines is 1. The van der Waals surface area contributed by atoms with Crippen molar-refractivity contribution in [1.29, 1.82) is 0 Å². The maximum atomic E-state index is 12.6. The zero-order chi connectivity index (χ0) is 12.9. The number of alkyl halides is 3. The minimum absolute atomic E-state index is 0.00220. The second-order valence-corrected chi connectivity index (χ2v) is 3.53. The van der Waals surface area contributed by atoms with Crippen molar-refractivity contribution < 1.29 is 17.9 Å². The average molecular weight is 248 g/mol. The largest absolute Gasteiger partial charge is 0.478 e. The summed E-state index contributed by atoms with van der Waals surface area (Å²) < 4.78 is 42.9. The fourth-order valence-electron chi connectivity index (χ4n) is 1.19. The Labute approximate surface area is 98.0 Å². The lowest BCUT2D eigenvalue weighted by Crippen LogP contribution is -2.08. The molecular weight excluding hydrogens is 233 g/mol. The van der Waals surface area contributed by atoms with Gasteiger partial charge in [0, 0.05) is 13.1 Å². The van der Waals surface area contributed by atoms with Crippen molar-refractivity contribution >= 4 is 5.82 Å². The van der Waals surface area contributed by atoms with Crippen molar-refractivity contribution in [3.05, 3.63) is 17.7 Å². The Hall–Kier alpha value is -1.46. The van der Waals surface area contributed by atoms with Crippen molar-refractivity contribution in [2.75, 3.05) is 19.0 Å². The van der Waals surface area contributed by atoms with Gasteiger partial charge in [0.15, 0.2) is 0 Å². The number of pyridine rings is 1. The molecule has 0 aliphatic carbocycles. The van der Waals surface area contributed by atoms with E-state index in [1.807, 2.05) is 6.92 Å². The summed E-state index contributed by atoms with van der Waals surface area (Å²) in [6.07, 6.45) is -2.69. The highest BCUT2D eigenvalue weighted by Crippen LogP contribution is 2.32. The third-order valence-electron chi connectivity index (χ3n) is 2.13. The fraction of sp³-hybridized carbons (Fsp3) is 0.545. The molecule has 17 heavy (non-hydrogen) atoms. The summed E-state index contributed by atoms with van der Waals surface area (Å²) in [6, 6.07) is 1.86. The van der Waals surface area contributed by atoms with E-state index < -0.39 is 11.7 Å². The van der Waals surface area contributed by atoms with Crippen molar-refractivity contribution in [2.24, 2.45) is 0 Å². The molecule has 0 unspecified atom stereocenters. The molecular formula is C11H15F3N2O. The Morgan fingerprint density at radius 3 is 2.59 bits per heavy atom. The number of hydrogen-bond donors (Lipinski definition) is 1. The second kappa shape index (κ2) is 5.75. The first kappa shape index (κ1) is 13.6. The summed E-state index contributed by atoms with van der Waals surface area (Å²) in [4.78, 5) is 3.90. The Morgan fingerprint density at radius 2 is 2.06 bits per heavy atom. The summed E-state index contributed by atoms with van der Waals surface area (Å²) in [5.41, 5.74) is -0.761. The molecule has 1 N–H and O–H groups in total. The SMILES string of the molecule is CCCCOc1cc(C(F)(F)F)cc(NC)n1. The molecule has 1 heterocycles. The van der Waals surface area contributed by atoms with Crippen LogP contribution in [0.3, 0.4) is 0 Å². The van der Waals surface area contributed by atoms with E-state index in [-0.39, 0.29) is 11.7 Å². The van der Waals surface area contributed by atoms with Crippen LogP contribution >= 0.6 is 0 Å². The number of nitrogens with zero attached hydrogens (tertiary/aromatic N) is 1. The minimum atomic E-state index is -4.39. The van der Waals surface area contributed by atoms with Crippen molar-refractivity contribution in [2.45, 2.75) is 25.9 Å². The van der Waals surface area contributed by atoms with Crippen LogP contribution in [-0.4, -0.2) is 18.6 Å². The summed E-state index contributed by atoms with van der Waals surface area (Å²) in [5.74, 6) is 0.143. The van der Waals surface area contributed by atoms with Crippen molar-refractivity contribution in [3.63, 3.8) is 0 Å².